The third-order valence-corrected chi connectivity index (χ3v) is 3.99. The summed E-state index contributed by atoms with van der Waals surface area (Å²) < 4.78 is 0. The molecule has 0 radical (unpaired) electrons. The van der Waals surface area contributed by atoms with E-state index in [0.29, 0.717) is 13.1 Å². The predicted octanol–water partition coefficient (Wildman–Crippen LogP) is 0.558. The van der Waals surface area contributed by atoms with Gasteiger partial charge in [0.2, 0.25) is 5.91 Å². The fraction of sp³-hybridized carbons (Fsp3) is 0.846. The van der Waals surface area contributed by atoms with Crippen LogP contribution in [0.1, 0.15) is 27.7 Å². The van der Waals surface area contributed by atoms with Crippen LogP contribution in [-0.4, -0.2) is 59.0 Å². The Morgan fingerprint density at radius 2 is 1.95 bits per heavy atom. The van der Waals surface area contributed by atoms with Crippen LogP contribution in [0.5, 0.6) is 0 Å². The van der Waals surface area contributed by atoms with Gasteiger partial charge in [-0.1, -0.05) is 19.0 Å². The van der Waals surface area contributed by atoms with Crippen LogP contribution in [0.25, 0.3) is 0 Å². The number of oxime groups is 1. The number of nitrogens with two attached hydrogens (primary N) is 1. The first-order valence-electron chi connectivity index (χ1n) is 6.68. The van der Waals surface area contributed by atoms with Crippen LogP contribution < -0.4 is 5.73 Å². The number of carbonyl (C=O) groups excluding carboxylic acids is 1. The van der Waals surface area contributed by atoms with E-state index in [1.54, 1.807) is 0 Å². The van der Waals surface area contributed by atoms with Crippen molar-refractivity contribution in [3.63, 3.8) is 0 Å². The number of carbonyl (C=O) groups is 1. The molecule has 1 rings (SSSR count). The van der Waals surface area contributed by atoms with Crippen molar-refractivity contribution in [1.29, 1.82) is 0 Å². The first-order valence-corrected chi connectivity index (χ1v) is 6.68. The monoisotopic (exact) mass is 270 g/mol. The molecule has 1 atom stereocenters. The molecule has 1 unspecified atom stereocenters. The van der Waals surface area contributed by atoms with Gasteiger partial charge in [-0.3, -0.25) is 9.69 Å². The molecule has 1 amide bonds. The molecule has 0 spiro atoms. The average Bonchev–Trinajstić information content (AvgIpc) is 2.31. The molecule has 1 heterocycles. The summed E-state index contributed by atoms with van der Waals surface area (Å²) in [6, 6.07) is 0. The third-order valence-electron chi connectivity index (χ3n) is 3.99. The van der Waals surface area contributed by atoms with E-state index >= 15 is 0 Å². The Morgan fingerprint density at radius 1 is 1.37 bits per heavy atom. The molecule has 110 valence electrons. The maximum absolute atomic E-state index is 12.6. The summed E-state index contributed by atoms with van der Waals surface area (Å²) in [4.78, 5) is 16.6. The molecule has 1 fully saturated rings. The van der Waals surface area contributed by atoms with E-state index in [2.05, 4.69) is 31.0 Å². The van der Waals surface area contributed by atoms with Crippen molar-refractivity contribution >= 4 is 11.7 Å². The lowest BCUT2D eigenvalue weighted by Crippen LogP contribution is -2.60. The molecule has 0 bridgehead atoms. The first-order chi connectivity index (χ1) is 8.70. The smallest absolute Gasteiger partial charge is 0.233 e. The number of piperazine rings is 1. The Morgan fingerprint density at radius 3 is 2.37 bits per heavy atom. The van der Waals surface area contributed by atoms with E-state index in [9.17, 15) is 4.79 Å². The zero-order chi connectivity index (χ0) is 14.8. The van der Waals surface area contributed by atoms with Gasteiger partial charge in [0.25, 0.3) is 0 Å². The van der Waals surface area contributed by atoms with E-state index in [1.807, 2.05) is 18.7 Å². The highest BCUT2D eigenvalue weighted by Crippen LogP contribution is 2.22. The van der Waals surface area contributed by atoms with Gasteiger partial charge in [0.15, 0.2) is 5.84 Å². The van der Waals surface area contributed by atoms with Crippen molar-refractivity contribution in [2.24, 2.45) is 22.7 Å². The van der Waals surface area contributed by atoms with Crippen molar-refractivity contribution < 1.29 is 10.0 Å². The average molecular weight is 270 g/mol. The van der Waals surface area contributed by atoms with Crippen LogP contribution in [0.2, 0.25) is 0 Å². The van der Waals surface area contributed by atoms with E-state index in [-0.39, 0.29) is 23.2 Å². The number of nitrogens with zero attached hydrogens (tertiary/aromatic N) is 3. The summed E-state index contributed by atoms with van der Waals surface area (Å²) in [6.45, 7) is 10.2. The van der Waals surface area contributed by atoms with Gasteiger partial charge in [-0.15, -0.1) is 0 Å². The Labute approximate surface area is 115 Å². The largest absolute Gasteiger partial charge is 0.409 e. The van der Waals surface area contributed by atoms with Crippen molar-refractivity contribution in [2.75, 3.05) is 26.7 Å². The standard InChI is InChI=1S/C13H26N4O2/c1-9(2)10(11(14)15-19)12(18)17-7-6-16(5)13(3,4)8-17/h9-10,19H,6-8H2,1-5H3,(H2,14,15). The second-order valence-electron chi connectivity index (χ2n) is 6.24. The molecule has 0 aromatic heterocycles. The highest BCUT2D eigenvalue weighted by atomic mass is 16.4. The fourth-order valence-electron chi connectivity index (χ4n) is 2.44. The lowest BCUT2D eigenvalue weighted by Gasteiger charge is -2.46. The second-order valence-corrected chi connectivity index (χ2v) is 6.24. The minimum absolute atomic E-state index is 0.00302. The Hall–Kier alpha value is -1.30. The minimum atomic E-state index is -0.552. The molecule has 0 aliphatic carbocycles. The number of hydrogen-bond donors (Lipinski definition) is 2. The number of amides is 1. The molecular weight excluding hydrogens is 244 g/mol. The van der Waals surface area contributed by atoms with Gasteiger partial charge >= 0.3 is 0 Å². The summed E-state index contributed by atoms with van der Waals surface area (Å²) in [5, 5.41) is 11.8. The van der Waals surface area contributed by atoms with E-state index in [4.69, 9.17) is 10.9 Å². The van der Waals surface area contributed by atoms with Gasteiger partial charge in [-0.05, 0) is 26.8 Å². The molecule has 0 aromatic rings. The molecule has 1 aliphatic heterocycles. The Bertz CT molecular complexity index is 366. The maximum Gasteiger partial charge on any atom is 0.233 e. The van der Waals surface area contributed by atoms with E-state index < -0.39 is 5.92 Å². The zero-order valence-electron chi connectivity index (χ0n) is 12.6. The van der Waals surface area contributed by atoms with Crippen LogP contribution in [0, 0.1) is 11.8 Å². The molecule has 0 aromatic carbocycles. The number of rotatable bonds is 3. The quantitative estimate of drug-likeness (QED) is 0.340. The molecule has 0 saturated carbocycles. The van der Waals surface area contributed by atoms with Crippen molar-refractivity contribution in [1.82, 2.24) is 9.80 Å². The van der Waals surface area contributed by atoms with Crippen molar-refractivity contribution in [3.8, 4) is 0 Å². The Kier molecular flexibility index (Phi) is 4.79. The van der Waals surface area contributed by atoms with Crippen LogP contribution in [0.4, 0.5) is 0 Å². The van der Waals surface area contributed by atoms with Gasteiger partial charge in [0.1, 0.15) is 5.92 Å². The number of hydrogen-bond acceptors (Lipinski definition) is 4. The second kappa shape index (κ2) is 5.77. The van der Waals surface area contributed by atoms with Gasteiger partial charge in [0.05, 0.1) is 0 Å². The van der Waals surface area contributed by atoms with E-state index in [0.717, 1.165) is 6.54 Å². The van der Waals surface area contributed by atoms with Crippen LogP contribution in [0.15, 0.2) is 5.16 Å². The van der Waals surface area contributed by atoms with Gasteiger partial charge in [-0.25, -0.2) is 0 Å². The molecule has 1 saturated heterocycles. The van der Waals surface area contributed by atoms with Crippen molar-refractivity contribution in [3.05, 3.63) is 0 Å². The number of amidine groups is 1. The normalized spacial score (nSPS) is 22.6. The summed E-state index contributed by atoms with van der Waals surface area (Å²) in [6.07, 6.45) is 0. The molecule has 6 nitrogen and oxygen atoms in total. The van der Waals surface area contributed by atoms with Crippen molar-refractivity contribution in [2.45, 2.75) is 33.2 Å². The van der Waals surface area contributed by atoms with Gasteiger partial charge < -0.3 is 15.8 Å². The van der Waals surface area contributed by atoms with Crippen LogP contribution in [-0.2, 0) is 4.79 Å². The molecule has 6 heteroatoms. The lowest BCUT2D eigenvalue weighted by atomic mass is 9.91. The molecule has 19 heavy (non-hydrogen) atoms. The van der Waals surface area contributed by atoms with Crippen LogP contribution >= 0.6 is 0 Å². The van der Waals surface area contributed by atoms with Gasteiger partial charge in [0, 0.05) is 25.2 Å². The topological polar surface area (TPSA) is 82.2 Å². The predicted molar refractivity (Wildman–Crippen MR) is 75.0 cm³/mol. The zero-order valence-corrected chi connectivity index (χ0v) is 12.6. The number of likely N-dealkylation sites (N-methyl/N-ethyl adjacent to an activating group) is 1. The molecular formula is C13H26N4O2. The summed E-state index contributed by atoms with van der Waals surface area (Å²) in [5.41, 5.74) is 5.61. The minimum Gasteiger partial charge on any atom is -0.409 e. The first kappa shape index (κ1) is 15.8. The third kappa shape index (κ3) is 3.37. The Balaban J connectivity index is 2.87. The molecule has 3 N–H and O–H groups in total. The lowest BCUT2D eigenvalue weighted by molar-refractivity contribution is -0.139. The summed E-state index contributed by atoms with van der Waals surface area (Å²) in [5.74, 6) is -0.599. The maximum atomic E-state index is 12.6. The van der Waals surface area contributed by atoms with Gasteiger partial charge in [-0.2, -0.15) is 0 Å². The highest BCUT2D eigenvalue weighted by Gasteiger charge is 2.37. The highest BCUT2D eigenvalue weighted by molar-refractivity contribution is 6.02. The molecule has 1 aliphatic rings. The summed E-state index contributed by atoms with van der Waals surface area (Å²) >= 11 is 0. The summed E-state index contributed by atoms with van der Waals surface area (Å²) in [7, 11) is 2.06. The fourth-order valence-corrected chi connectivity index (χ4v) is 2.44. The SMILES string of the molecule is CC(C)C(C(=O)N1CCN(C)C(C)(C)C1)C(N)=NO. The van der Waals surface area contributed by atoms with Crippen LogP contribution in [0.3, 0.4) is 0 Å². The van der Waals surface area contributed by atoms with E-state index in [1.165, 1.54) is 0 Å².